The molecule has 1 amide bonds. The molecule has 0 saturated carbocycles. The molecule has 0 spiro atoms. The minimum absolute atomic E-state index is 0.0185. The molecule has 5 rings (SSSR count). The zero-order valence-corrected chi connectivity index (χ0v) is 17.2. The molecule has 6 heteroatoms. The fraction of sp³-hybridized carbons (Fsp3) is 0.292. The molecule has 0 unspecified atom stereocenters. The number of piperazine rings is 1. The Hall–Kier alpha value is -3.41. The van der Waals surface area contributed by atoms with Crippen molar-refractivity contribution >= 4 is 23.1 Å². The van der Waals surface area contributed by atoms with E-state index in [-0.39, 0.29) is 5.91 Å². The molecule has 0 radical (unpaired) electrons. The minimum atomic E-state index is -0.0185. The first-order chi connectivity index (χ1) is 14.7. The SMILES string of the molecule is Cc1cccc(N2CCN(C(=O)c3cc(N4CCc5ccccc54)ncn3)CC2)c1. The molecule has 0 aliphatic carbocycles. The molecule has 30 heavy (non-hydrogen) atoms. The summed E-state index contributed by atoms with van der Waals surface area (Å²) < 4.78 is 0. The number of rotatable bonds is 3. The molecule has 6 nitrogen and oxygen atoms in total. The third-order valence-electron chi connectivity index (χ3n) is 5.97. The van der Waals surface area contributed by atoms with E-state index < -0.39 is 0 Å². The maximum atomic E-state index is 13.1. The van der Waals surface area contributed by atoms with Gasteiger partial charge in [-0.1, -0.05) is 30.3 Å². The van der Waals surface area contributed by atoms with E-state index in [2.05, 4.69) is 69.2 Å². The summed E-state index contributed by atoms with van der Waals surface area (Å²) in [4.78, 5) is 28.2. The van der Waals surface area contributed by atoms with Gasteiger partial charge in [-0.25, -0.2) is 9.97 Å². The number of aromatic nitrogens is 2. The predicted molar refractivity (Wildman–Crippen MR) is 118 cm³/mol. The number of hydrogen-bond acceptors (Lipinski definition) is 5. The Balaban J connectivity index is 1.29. The van der Waals surface area contributed by atoms with Crippen molar-refractivity contribution in [3.63, 3.8) is 0 Å². The van der Waals surface area contributed by atoms with Crippen molar-refractivity contribution in [2.75, 3.05) is 42.5 Å². The van der Waals surface area contributed by atoms with Gasteiger partial charge in [-0.05, 0) is 42.7 Å². The Bertz CT molecular complexity index is 1070. The van der Waals surface area contributed by atoms with Crippen LogP contribution in [0.5, 0.6) is 0 Å². The number of amides is 1. The van der Waals surface area contributed by atoms with Gasteiger partial charge < -0.3 is 14.7 Å². The van der Waals surface area contributed by atoms with Crippen LogP contribution in [-0.4, -0.2) is 53.5 Å². The van der Waals surface area contributed by atoms with E-state index in [1.165, 1.54) is 28.8 Å². The first-order valence-electron chi connectivity index (χ1n) is 10.5. The lowest BCUT2D eigenvalue weighted by Gasteiger charge is -2.36. The number of anilines is 3. The van der Waals surface area contributed by atoms with E-state index in [4.69, 9.17) is 0 Å². The van der Waals surface area contributed by atoms with Crippen molar-refractivity contribution < 1.29 is 4.79 Å². The van der Waals surface area contributed by atoms with Crippen molar-refractivity contribution in [3.05, 3.63) is 77.7 Å². The minimum Gasteiger partial charge on any atom is -0.368 e. The standard InChI is InChI=1S/C24H25N5O/c1-18-5-4-7-20(15-18)27-11-13-28(14-12-27)24(30)21-16-23(26-17-25-21)29-10-9-19-6-2-3-8-22(19)29/h2-8,15-17H,9-14H2,1H3. The third kappa shape index (κ3) is 3.49. The quantitative estimate of drug-likeness (QED) is 0.675. The predicted octanol–water partition coefficient (Wildman–Crippen LogP) is 3.44. The second-order valence-corrected chi connectivity index (χ2v) is 7.91. The number of fused-ring (bicyclic) bond motifs is 1. The van der Waals surface area contributed by atoms with Gasteiger partial charge >= 0.3 is 0 Å². The summed E-state index contributed by atoms with van der Waals surface area (Å²) in [6.45, 7) is 6.02. The van der Waals surface area contributed by atoms with Gasteiger partial charge in [0.15, 0.2) is 0 Å². The third-order valence-corrected chi connectivity index (χ3v) is 5.97. The van der Waals surface area contributed by atoms with Gasteiger partial charge in [-0.2, -0.15) is 0 Å². The summed E-state index contributed by atoms with van der Waals surface area (Å²) >= 11 is 0. The molecular formula is C24H25N5O. The van der Waals surface area contributed by atoms with Crippen molar-refractivity contribution in [1.82, 2.24) is 14.9 Å². The van der Waals surface area contributed by atoms with Gasteiger partial charge in [0.05, 0.1) is 0 Å². The molecule has 0 N–H and O–H groups in total. The number of benzene rings is 2. The van der Waals surface area contributed by atoms with Crippen LogP contribution in [0, 0.1) is 6.92 Å². The zero-order valence-electron chi connectivity index (χ0n) is 17.2. The highest BCUT2D eigenvalue weighted by molar-refractivity contribution is 5.93. The molecular weight excluding hydrogens is 374 g/mol. The first-order valence-corrected chi connectivity index (χ1v) is 10.5. The van der Waals surface area contributed by atoms with Crippen LogP contribution < -0.4 is 9.80 Å². The highest BCUT2D eigenvalue weighted by Crippen LogP contribution is 2.33. The Morgan fingerprint density at radius 2 is 1.73 bits per heavy atom. The van der Waals surface area contributed by atoms with E-state index in [1.54, 1.807) is 0 Å². The van der Waals surface area contributed by atoms with Gasteiger partial charge in [-0.3, -0.25) is 4.79 Å². The molecule has 0 atom stereocenters. The van der Waals surface area contributed by atoms with Crippen molar-refractivity contribution in [2.24, 2.45) is 0 Å². The first kappa shape index (κ1) is 18.6. The van der Waals surface area contributed by atoms with E-state index in [1.807, 2.05) is 17.0 Å². The van der Waals surface area contributed by atoms with Crippen LogP contribution in [0.3, 0.4) is 0 Å². The summed E-state index contributed by atoms with van der Waals surface area (Å²) in [7, 11) is 0. The monoisotopic (exact) mass is 399 g/mol. The summed E-state index contributed by atoms with van der Waals surface area (Å²) in [6.07, 6.45) is 2.50. The molecule has 1 aromatic heterocycles. The summed E-state index contributed by atoms with van der Waals surface area (Å²) in [5, 5.41) is 0. The summed E-state index contributed by atoms with van der Waals surface area (Å²) in [6, 6.07) is 18.7. The number of aryl methyl sites for hydroxylation is 1. The maximum Gasteiger partial charge on any atom is 0.272 e. The lowest BCUT2D eigenvalue weighted by atomic mass is 10.2. The number of nitrogens with zero attached hydrogens (tertiary/aromatic N) is 5. The van der Waals surface area contributed by atoms with Crippen molar-refractivity contribution in [3.8, 4) is 0 Å². The largest absolute Gasteiger partial charge is 0.368 e. The van der Waals surface area contributed by atoms with E-state index in [0.717, 1.165) is 31.9 Å². The van der Waals surface area contributed by atoms with Crippen LogP contribution in [0.25, 0.3) is 0 Å². The molecule has 2 aliphatic rings. The zero-order chi connectivity index (χ0) is 20.5. The van der Waals surface area contributed by atoms with Gasteiger partial charge in [0, 0.05) is 50.2 Å². The lowest BCUT2D eigenvalue weighted by Crippen LogP contribution is -2.49. The number of carbonyl (C=O) groups excluding carboxylic acids is 1. The average Bonchev–Trinajstić information content (AvgIpc) is 3.23. The van der Waals surface area contributed by atoms with E-state index in [9.17, 15) is 4.79 Å². The van der Waals surface area contributed by atoms with Crippen molar-refractivity contribution in [1.29, 1.82) is 0 Å². The molecule has 3 aromatic rings. The fourth-order valence-corrected chi connectivity index (χ4v) is 4.34. The topological polar surface area (TPSA) is 52.6 Å². The second-order valence-electron chi connectivity index (χ2n) is 7.91. The molecule has 1 saturated heterocycles. The Kier molecular flexibility index (Phi) is 4.83. The van der Waals surface area contributed by atoms with Crippen LogP contribution in [0.4, 0.5) is 17.2 Å². The summed E-state index contributed by atoms with van der Waals surface area (Å²) in [5.74, 6) is 0.770. The van der Waals surface area contributed by atoms with E-state index in [0.29, 0.717) is 18.8 Å². The maximum absolute atomic E-state index is 13.1. The Morgan fingerprint density at radius 3 is 2.57 bits per heavy atom. The van der Waals surface area contributed by atoms with Crippen LogP contribution in [-0.2, 0) is 6.42 Å². The molecule has 2 aromatic carbocycles. The van der Waals surface area contributed by atoms with Crippen LogP contribution in [0.2, 0.25) is 0 Å². The van der Waals surface area contributed by atoms with E-state index >= 15 is 0 Å². The van der Waals surface area contributed by atoms with Gasteiger partial charge in [0.1, 0.15) is 17.8 Å². The van der Waals surface area contributed by atoms with Gasteiger partial charge in [0.2, 0.25) is 0 Å². The second kappa shape index (κ2) is 7.78. The highest BCUT2D eigenvalue weighted by Gasteiger charge is 2.26. The van der Waals surface area contributed by atoms with Crippen LogP contribution in [0.1, 0.15) is 21.6 Å². The normalized spacial score (nSPS) is 16.0. The molecule has 3 heterocycles. The number of carbonyl (C=O) groups is 1. The number of para-hydroxylation sites is 1. The van der Waals surface area contributed by atoms with Gasteiger partial charge in [0.25, 0.3) is 5.91 Å². The lowest BCUT2D eigenvalue weighted by molar-refractivity contribution is 0.0740. The highest BCUT2D eigenvalue weighted by atomic mass is 16.2. The Labute approximate surface area is 176 Å². The van der Waals surface area contributed by atoms with Crippen LogP contribution in [0.15, 0.2) is 60.9 Å². The summed E-state index contributed by atoms with van der Waals surface area (Å²) in [5.41, 5.74) is 5.42. The van der Waals surface area contributed by atoms with Gasteiger partial charge in [-0.15, -0.1) is 0 Å². The smallest absolute Gasteiger partial charge is 0.272 e. The molecule has 1 fully saturated rings. The molecule has 0 bridgehead atoms. The molecule has 152 valence electrons. The van der Waals surface area contributed by atoms with Crippen LogP contribution >= 0.6 is 0 Å². The fourth-order valence-electron chi connectivity index (χ4n) is 4.34. The molecule has 2 aliphatic heterocycles. The van der Waals surface area contributed by atoms with Crippen molar-refractivity contribution in [2.45, 2.75) is 13.3 Å². The average molecular weight is 399 g/mol. The Morgan fingerprint density at radius 1 is 0.900 bits per heavy atom. The number of hydrogen-bond donors (Lipinski definition) is 0.